The molecular formula is C14H16N4O2PdS. The van der Waals surface area contributed by atoms with Gasteiger partial charge >= 0.3 is 20.4 Å². The van der Waals surface area contributed by atoms with E-state index in [1.807, 2.05) is 18.2 Å². The van der Waals surface area contributed by atoms with Crippen molar-refractivity contribution < 1.29 is 30.3 Å². The molecule has 3 N–H and O–H groups in total. The van der Waals surface area contributed by atoms with Crippen LogP contribution in [0.3, 0.4) is 0 Å². The number of thiocarbonyl (C=S) groups is 1. The van der Waals surface area contributed by atoms with E-state index in [2.05, 4.69) is 28.1 Å². The molecule has 1 heterocycles. The molecule has 8 heteroatoms. The molecule has 2 rings (SSSR count). The third-order valence-corrected chi connectivity index (χ3v) is 2.35. The number of hydrogen-bond acceptors (Lipinski definition) is 4. The van der Waals surface area contributed by atoms with Crippen molar-refractivity contribution in [1.82, 2.24) is 5.43 Å². The van der Waals surface area contributed by atoms with E-state index in [1.165, 1.54) is 13.3 Å². The molecule has 0 unspecified atom stereocenters. The first-order valence-corrected chi connectivity index (χ1v) is 6.46. The van der Waals surface area contributed by atoms with Crippen molar-refractivity contribution in [3.05, 3.63) is 53.5 Å². The van der Waals surface area contributed by atoms with Crippen molar-refractivity contribution in [2.24, 2.45) is 10.8 Å². The maximum absolute atomic E-state index is 11.6. The van der Waals surface area contributed by atoms with Gasteiger partial charge in [-0.05, 0) is 23.8 Å². The van der Waals surface area contributed by atoms with Crippen molar-refractivity contribution >= 4 is 23.5 Å². The summed E-state index contributed by atoms with van der Waals surface area (Å²) in [7, 11) is 1.44. The zero-order chi connectivity index (χ0) is 15.5. The Hall–Kier alpha value is -1.88. The van der Waals surface area contributed by atoms with Crippen molar-refractivity contribution in [2.75, 3.05) is 13.7 Å². The minimum atomic E-state index is -0.228. The van der Waals surface area contributed by atoms with Crippen LogP contribution in [0.1, 0.15) is 5.56 Å². The summed E-state index contributed by atoms with van der Waals surface area (Å²) in [5, 5.41) is 19.2. The second-order valence-corrected chi connectivity index (χ2v) is 4.19. The van der Waals surface area contributed by atoms with E-state index in [0.717, 1.165) is 6.54 Å². The Labute approximate surface area is 148 Å². The number of nitrogens with one attached hydrogen (secondary N) is 1. The van der Waals surface area contributed by atoms with Crippen LogP contribution in [0.5, 0.6) is 11.5 Å². The molecule has 0 radical (unpaired) electrons. The maximum Gasteiger partial charge on any atom is 2.00 e. The third kappa shape index (κ3) is 7.79. The van der Waals surface area contributed by atoms with Crippen LogP contribution < -0.4 is 21.0 Å². The van der Waals surface area contributed by atoms with Crippen LogP contribution in [0.4, 0.5) is 0 Å². The van der Waals surface area contributed by atoms with E-state index in [0.29, 0.717) is 5.56 Å². The molecular weight excluding hydrogens is 395 g/mol. The average Bonchev–Trinajstić information content (AvgIpc) is 2.51. The van der Waals surface area contributed by atoms with Gasteiger partial charge in [-0.25, -0.2) is 0 Å². The molecule has 0 aromatic heterocycles. The van der Waals surface area contributed by atoms with Gasteiger partial charge in [-0.3, -0.25) is 5.43 Å². The Morgan fingerprint density at radius 2 is 2.27 bits per heavy atom. The van der Waals surface area contributed by atoms with Crippen LogP contribution in [0, 0.1) is 0 Å². The van der Waals surface area contributed by atoms with E-state index in [-0.39, 0.29) is 37.0 Å². The number of benzene rings is 1. The number of nitrogens with two attached hydrogens (primary N) is 1. The molecule has 120 valence electrons. The molecule has 0 aliphatic carbocycles. The number of hydrazone groups is 1. The summed E-state index contributed by atoms with van der Waals surface area (Å²) in [5.41, 5.74) is 7.91. The van der Waals surface area contributed by atoms with Gasteiger partial charge in [0.25, 0.3) is 0 Å². The summed E-state index contributed by atoms with van der Waals surface area (Å²) in [6.07, 6.45) is 9.07. The Kier molecular flexibility index (Phi) is 10.7. The molecule has 0 spiro atoms. The molecule has 1 aromatic rings. The van der Waals surface area contributed by atoms with Gasteiger partial charge in [-0.15, -0.1) is 12.6 Å². The first-order chi connectivity index (χ1) is 10.1. The van der Waals surface area contributed by atoms with E-state index in [1.54, 1.807) is 24.4 Å². The summed E-state index contributed by atoms with van der Waals surface area (Å²) in [5.74, 6) is 0.0442. The van der Waals surface area contributed by atoms with E-state index >= 15 is 0 Å². The fourth-order valence-corrected chi connectivity index (χ4v) is 1.39. The predicted octanol–water partition coefficient (Wildman–Crippen LogP) is 1.38. The quantitative estimate of drug-likeness (QED) is 0.339. The zero-order valence-electron chi connectivity index (χ0n) is 11.8. The summed E-state index contributed by atoms with van der Waals surface area (Å²) in [6, 6.07) is 4.90. The number of nitrogens with zero attached hydrogens (tertiary/aromatic N) is 2. The van der Waals surface area contributed by atoms with E-state index < -0.39 is 0 Å². The molecule has 0 amide bonds. The van der Waals surface area contributed by atoms with Crippen LogP contribution in [0.15, 0.2) is 47.7 Å². The zero-order valence-corrected chi connectivity index (χ0v) is 14.2. The molecule has 1 aliphatic rings. The number of ether oxygens (including phenoxy) is 1. The van der Waals surface area contributed by atoms with Gasteiger partial charge in [0, 0.05) is 0 Å². The summed E-state index contributed by atoms with van der Waals surface area (Å²) < 4.78 is 4.87. The number of allylic oxidation sites excluding steroid dienone is 2. The van der Waals surface area contributed by atoms with Crippen molar-refractivity contribution in [3.63, 3.8) is 0 Å². The molecule has 22 heavy (non-hydrogen) atoms. The number of hydrogen-bond donors (Lipinski definition) is 2. The Balaban J connectivity index is 0.000000529. The minimum Gasteiger partial charge on any atom is -0.870 e. The predicted molar refractivity (Wildman–Crippen MR) is 86.5 cm³/mol. The van der Waals surface area contributed by atoms with Crippen LogP contribution in [0.2, 0.25) is 0 Å². The van der Waals surface area contributed by atoms with Gasteiger partial charge < -0.3 is 20.9 Å². The normalized spacial score (nSPS) is 11.7. The van der Waals surface area contributed by atoms with Gasteiger partial charge in [-0.2, -0.15) is 11.3 Å². The molecule has 0 bridgehead atoms. The molecule has 1 aliphatic heterocycles. The summed E-state index contributed by atoms with van der Waals surface area (Å²) in [6.45, 7) is 0.858. The van der Waals surface area contributed by atoms with Crippen molar-refractivity contribution in [3.8, 4) is 11.5 Å². The molecule has 0 fully saturated rings. The maximum atomic E-state index is 11.6. The standard InChI is InChI=1S/C9H11N3O2S.C5H6N.Pd/c1-14-7-4-2-3-6(8(7)13)5-11-12-9(10)15;1-2-4-6-5-3-1;/h2-5,13H,1H3,(H3,10,12,15);1-4H,5H2;/q;-1;+2/p-1/b11-5+;;. The fraction of sp³-hybridized carbons (Fsp3) is 0.143. The fourth-order valence-electron chi connectivity index (χ4n) is 1.33. The topological polar surface area (TPSA) is 96.8 Å². The summed E-state index contributed by atoms with van der Waals surface area (Å²) >= 11 is 4.54. The Morgan fingerprint density at radius 3 is 2.73 bits per heavy atom. The SMILES string of the molecule is C1=CC[N-]C=C1.COc1cccc(/C=N/NC(N)=S)c1[O-].[Pd+2]. The number of rotatable bonds is 3. The largest absolute Gasteiger partial charge is 2.00 e. The van der Waals surface area contributed by atoms with Gasteiger partial charge in [0.2, 0.25) is 0 Å². The van der Waals surface area contributed by atoms with Gasteiger partial charge in [-0.1, -0.05) is 30.0 Å². The molecule has 0 atom stereocenters. The van der Waals surface area contributed by atoms with Crippen molar-refractivity contribution in [2.45, 2.75) is 0 Å². The Morgan fingerprint density at radius 1 is 1.50 bits per heavy atom. The van der Waals surface area contributed by atoms with E-state index in [9.17, 15) is 5.11 Å². The van der Waals surface area contributed by atoms with Gasteiger partial charge in [0.1, 0.15) is 5.75 Å². The number of methoxy groups -OCH3 is 1. The van der Waals surface area contributed by atoms with Gasteiger partial charge in [0.05, 0.1) is 13.3 Å². The third-order valence-electron chi connectivity index (χ3n) is 2.26. The van der Waals surface area contributed by atoms with E-state index in [4.69, 9.17) is 10.5 Å². The first kappa shape index (κ1) is 20.1. The second kappa shape index (κ2) is 11.7. The first-order valence-electron chi connectivity index (χ1n) is 6.06. The monoisotopic (exact) mass is 410 g/mol. The molecule has 1 aromatic carbocycles. The van der Waals surface area contributed by atoms with Crippen LogP contribution in [-0.4, -0.2) is 25.0 Å². The molecule has 0 saturated carbocycles. The van der Waals surface area contributed by atoms with Crippen LogP contribution in [0.25, 0.3) is 5.32 Å². The van der Waals surface area contributed by atoms with Crippen molar-refractivity contribution in [1.29, 1.82) is 0 Å². The second-order valence-electron chi connectivity index (χ2n) is 3.75. The molecule has 6 nitrogen and oxygen atoms in total. The average molecular weight is 411 g/mol. The summed E-state index contributed by atoms with van der Waals surface area (Å²) in [4.78, 5) is 0. The van der Waals surface area contributed by atoms with Crippen LogP contribution >= 0.6 is 12.2 Å². The Bertz CT molecular complexity index is 550. The minimum absolute atomic E-state index is 0. The van der Waals surface area contributed by atoms with Crippen LogP contribution in [-0.2, 0) is 20.4 Å². The molecule has 0 saturated heterocycles. The number of para-hydroxylation sites is 1. The van der Waals surface area contributed by atoms with Gasteiger partial charge in [0.15, 0.2) is 5.11 Å². The smallest absolute Gasteiger partial charge is 0.870 e.